The summed E-state index contributed by atoms with van der Waals surface area (Å²) in [7, 11) is 4.25. The maximum absolute atomic E-state index is 2.28. The lowest BCUT2D eigenvalue weighted by molar-refractivity contribution is -0.485. The molecule has 1 heterocycles. The van der Waals surface area contributed by atoms with Crippen LogP contribution in [0.5, 0.6) is 0 Å². The molecule has 2 heteroatoms. The van der Waals surface area contributed by atoms with Crippen LogP contribution in [-0.2, 0) is 0 Å². The van der Waals surface area contributed by atoms with Gasteiger partial charge in [0.2, 0.25) is 6.34 Å². The van der Waals surface area contributed by atoms with Crippen molar-refractivity contribution in [1.82, 2.24) is 4.90 Å². The molecule has 0 saturated carbocycles. The molecule has 1 aliphatic heterocycles. The van der Waals surface area contributed by atoms with Gasteiger partial charge in [-0.25, -0.2) is 0 Å². The van der Waals surface area contributed by atoms with Gasteiger partial charge >= 0.3 is 0 Å². The summed E-state index contributed by atoms with van der Waals surface area (Å²) in [6.45, 7) is 3.42. The summed E-state index contributed by atoms with van der Waals surface area (Å²) < 4.78 is 2.23. The minimum absolute atomic E-state index is 0.745. The SMILES string of the molecule is CCC1C[N+](C)=CN1C. The monoisotopic (exact) mass is 127 g/mol. The van der Waals surface area contributed by atoms with Crippen molar-refractivity contribution in [3.8, 4) is 0 Å². The van der Waals surface area contributed by atoms with E-state index >= 15 is 0 Å². The Bertz CT molecular complexity index is 129. The average molecular weight is 127 g/mol. The first-order valence-corrected chi connectivity index (χ1v) is 3.51. The van der Waals surface area contributed by atoms with Gasteiger partial charge in [0, 0.05) is 0 Å². The number of hydrogen-bond acceptors (Lipinski definition) is 1. The largest absolute Gasteiger partial charge is 0.267 e. The molecule has 0 aromatic carbocycles. The molecule has 0 aromatic rings. The molecular weight excluding hydrogens is 112 g/mol. The second-order valence-corrected chi connectivity index (χ2v) is 2.78. The summed E-state index contributed by atoms with van der Waals surface area (Å²) in [6.07, 6.45) is 3.41. The fourth-order valence-electron chi connectivity index (χ4n) is 1.33. The highest BCUT2D eigenvalue weighted by atomic mass is 15.3. The Balaban J connectivity index is 2.49. The second-order valence-electron chi connectivity index (χ2n) is 2.78. The van der Waals surface area contributed by atoms with Gasteiger partial charge in [0.25, 0.3) is 0 Å². The van der Waals surface area contributed by atoms with E-state index in [1.165, 1.54) is 13.0 Å². The van der Waals surface area contributed by atoms with Crippen molar-refractivity contribution >= 4 is 6.34 Å². The number of likely N-dealkylation sites (N-methyl/N-ethyl adjacent to an activating group) is 2. The molecule has 2 nitrogen and oxygen atoms in total. The Morgan fingerprint density at radius 2 is 2.44 bits per heavy atom. The van der Waals surface area contributed by atoms with Crippen molar-refractivity contribution in [3.05, 3.63) is 0 Å². The van der Waals surface area contributed by atoms with E-state index in [1.807, 2.05) is 0 Å². The van der Waals surface area contributed by atoms with E-state index in [1.54, 1.807) is 0 Å². The Labute approximate surface area is 56.8 Å². The van der Waals surface area contributed by atoms with Gasteiger partial charge in [0.15, 0.2) is 0 Å². The van der Waals surface area contributed by atoms with Crippen molar-refractivity contribution in [3.63, 3.8) is 0 Å². The Morgan fingerprint density at radius 1 is 1.78 bits per heavy atom. The van der Waals surface area contributed by atoms with Crippen LogP contribution in [0.1, 0.15) is 13.3 Å². The molecule has 0 N–H and O–H groups in total. The zero-order chi connectivity index (χ0) is 6.85. The highest BCUT2D eigenvalue weighted by Crippen LogP contribution is 2.03. The first-order chi connectivity index (χ1) is 4.24. The summed E-state index contributed by atoms with van der Waals surface area (Å²) in [5.74, 6) is 0. The quantitative estimate of drug-likeness (QED) is 0.462. The summed E-state index contributed by atoms with van der Waals surface area (Å²) in [5.41, 5.74) is 0. The molecule has 1 atom stereocenters. The molecule has 0 amide bonds. The average Bonchev–Trinajstić information content (AvgIpc) is 2.10. The van der Waals surface area contributed by atoms with Crippen LogP contribution in [0.2, 0.25) is 0 Å². The predicted molar refractivity (Wildman–Crippen MR) is 39.0 cm³/mol. The van der Waals surface area contributed by atoms with Crippen LogP contribution in [-0.4, -0.2) is 42.5 Å². The van der Waals surface area contributed by atoms with Gasteiger partial charge in [0.1, 0.15) is 12.6 Å². The van der Waals surface area contributed by atoms with Gasteiger partial charge in [0.05, 0.1) is 14.1 Å². The molecule has 0 aromatic heterocycles. The summed E-state index contributed by atoms with van der Waals surface area (Å²) >= 11 is 0. The smallest absolute Gasteiger partial charge is 0.234 e. The molecule has 0 fully saturated rings. The van der Waals surface area contributed by atoms with Gasteiger partial charge < -0.3 is 0 Å². The van der Waals surface area contributed by atoms with Gasteiger partial charge in [-0.3, -0.25) is 9.48 Å². The summed E-state index contributed by atoms with van der Waals surface area (Å²) in [5, 5.41) is 0. The number of hydrogen-bond donors (Lipinski definition) is 0. The fraction of sp³-hybridized carbons (Fsp3) is 0.857. The third-order valence-electron chi connectivity index (χ3n) is 1.93. The van der Waals surface area contributed by atoms with Gasteiger partial charge in [-0.15, -0.1) is 0 Å². The Hall–Kier alpha value is -0.530. The van der Waals surface area contributed by atoms with E-state index < -0.39 is 0 Å². The van der Waals surface area contributed by atoms with Crippen LogP contribution in [0.4, 0.5) is 0 Å². The zero-order valence-corrected chi connectivity index (χ0v) is 6.46. The molecule has 9 heavy (non-hydrogen) atoms. The molecule has 0 bridgehead atoms. The van der Waals surface area contributed by atoms with Crippen molar-refractivity contribution in [2.24, 2.45) is 0 Å². The Kier molecular flexibility index (Phi) is 1.74. The van der Waals surface area contributed by atoms with E-state index in [-0.39, 0.29) is 0 Å². The van der Waals surface area contributed by atoms with Crippen molar-refractivity contribution in [2.45, 2.75) is 19.4 Å². The molecule has 52 valence electrons. The third kappa shape index (κ3) is 1.23. The third-order valence-corrected chi connectivity index (χ3v) is 1.93. The molecule has 0 aliphatic carbocycles. The maximum Gasteiger partial charge on any atom is 0.234 e. The standard InChI is InChI=1S/C7H15N2/c1-4-7-5-8(2)6-9(7)3/h6-7H,4-5H2,1-3H3/q+1. The second kappa shape index (κ2) is 2.38. The molecule has 1 rings (SSSR count). The van der Waals surface area contributed by atoms with E-state index in [0.29, 0.717) is 0 Å². The lowest BCUT2D eigenvalue weighted by Gasteiger charge is -2.08. The van der Waals surface area contributed by atoms with E-state index in [2.05, 4.69) is 36.8 Å². The van der Waals surface area contributed by atoms with Crippen LogP contribution in [0.15, 0.2) is 0 Å². The molecular formula is C7H15N2+. The van der Waals surface area contributed by atoms with Crippen molar-refractivity contribution in [2.75, 3.05) is 20.6 Å². The normalized spacial score (nSPS) is 26.8. The van der Waals surface area contributed by atoms with Crippen molar-refractivity contribution < 1.29 is 4.58 Å². The zero-order valence-electron chi connectivity index (χ0n) is 6.46. The maximum atomic E-state index is 2.28. The number of rotatable bonds is 1. The van der Waals surface area contributed by atoms with Crippen LogP contribution in [0.3, 0.4) is 0 Å². The van der Waals surface area contributed by atoms with Crippen molar-refractivity contribution in [1.29, 1.82) is 0 Å². The van der Waals surface area contributed by atoms with Crippen LogP contribution in [0.25, 0.3) is 0 Å². The highest BCUT2D eigenvalue weighted by Gasteiger charge is 2.23. The predicted octanol–water partition coefficient (Wildman–Crippen LogP) is 0.381. The van der Waals surface area contributed by atoms with Gasteiger partial charge in [-0.1, -0.05) is 6.92 Å². The minimum atomic E-state index is 0.745. The van der Waals surface area contributed by atoms with Crippen LogP contribution < -0.4 is 0 Å². The van der Waals surface area contributed by atoms with Crippen LogP contribution in [0, 0.1) is 0 Å². The first kappa shape index (κ1) is 6.59. The summed E-state index contributed by atoms with van der Waals surface area (Å²) in [6, 6.07) is 0.745. The molecule has 0 saturated heterocycles. The van der Waals surface area contributed by atoms with Gasteiger partial charge in [-0.05, 0) is 6.42 Å². The highest BCUT2D eigenvalue weighted by molar-refractivity contribution is 5.50. The van der Waals surface area contributed by atoms with E-state index in [4.69, 9.17) is 0 Å². The van der Waals surface area contributed by atoms with Gasteiger partial charge in [-0.2, -0.15) is 0 Å². The lowest BCUT2D eigenvalue weighted by Crippen LogP contribution is -2.26. The fourth-order valence-corrected chi connectivity index (χ4v) is 1.33. The topological polar surface area (TPSA) is 6.25 Å². The number of nitrogens with zero attached hydrogens (tertiary/aromatic N) is 2. The molecule has 1 aliphatic rings. The lowest BCUT2D eigenvalue weighted by atomic mass is 10.2. The van der Waals surface area contributed by atoms with Crippen LogP contribution >= 0.6 is 0 Å². The molecule has 0 spiro atoms. The van der Waals surface area contributed by atoms with E-state index in [9.17, 15) is 0 Å². The molecule has 1 unspecified atom stereocenters. The minimum Gasteiger partial charge on any atom is -0.267 e. The first-order valence-electron chi connectivity index (χ1n) is 3.51. The Morgan fingerprint density at radius 3 is 2.67 bits per heavy atom. The summed E-state index contributed by atoms with van der Waals surface area (Å²) in [4.78, 5) is 2.28. The van der Waals surface area contributed by atoms with E-state index in [0.717, 1.165) is 6.04 Å². The molecule has 0 radical (unpaired) electrons.